The highest BCUT2D eigenvalue weighted by Gasteiger charge is 2.22. The summed E-state index contributed by atoms with van der Waals surface area (Å²) in [6.07, 6.45) is 3.57. The minimum Gasteiger partial charge on any atom is -0.355 e. The van der Waals surface area contributed by atoms with Gasteiger partial charge in [0.05, 0.1) is 5.92 Å². The highest BCUT2D eigenvalue weighted by atomic mass is 32.1. The fraction of sp³-hybridized carbons (Fsp3) is 0.800. The molecule has 0 saturated carbocycles. The maximum Gasteiger partial charge on any atom is 0.224 e. The average molecular weight is 316 g/mol. The van der Waals surface area contributed by atoms with Gasteiger partial charge in [-0.05, 0) is 32.6 Å². The Morgan fingerprint density at radius 3 is 2.33 bits per heavy atom. The van der Waals surface area contributed by atoms with Crippen LogP contribution in [0.5, 0.6) is 0 Å². The zero-order valence-corrected chi connectivity index (χ0v) is 14.0. The molecule has 0 fully saturated rings. The lowest BCUT2D eigenvalue weighted by atomic mass is 9.94. The van der Waals surface area contributed by atoms with Crippen LogP contribution in [0.25, 0.3) is 0 Å². The first-order valence-electron chi connectivity index (χ1n) is 7.55. The number of nitrogens with one attached hydrogen (secondary N) is 2. The fourth-order valence-electron chi connectivity index (χ4n) is 2.05. The molecule has 0 saturated heterocycles. The van der Waals surface area contributed by atoms with Gasteiger partial charge in [-0.15, -0.1) is 0 Å². The molecular weight excluding hydrogens is 288 g/mol. The Morgan fingerprint density at radius 2 is 1.76 bits per heavy atom. The van der Waals surface area contributed by atoms with Crippen molar-refractivity contribution in [3.8, 4) is 0 Å². The van der Waals surface area contributed by atoms with E-state index in [2.05, 4.69) is 23.3 Å². The van der Waals surface area contributed by atoms with E-state index in [0.29, 0.717) is 19.5 Å². The van der Waals surface area contributed by atoms with Gasteiger partial charge in [-0.25, -0.2) is 0 Å². The first-order valence-corrected chi connectivity index (χ1v) is 8.18. The number of carbonyl (C=O) groups is 3. The van der Waals surface area contributed by atoms with Crippen molar-refractivity contribution in [1.82, 2.24) is 10.6 Å². The largest absolute Gasteiger partial charge is 0.355 e. The third-order valence-electron chi connectivity index (χ3n) is 3.17. The summed E-state index contributed by atoms with van der Waals surface area (Å²) < 4.78 is 0. The van der Waals surface area contributed by atoms with E-state index in [-0.39, 0.29) is 30.3 Å². The van der Waals surface area contributed by atoms with Crippen LogP contribution in [-0.4, -0.2) is 43.4 Å². The van der Waals surface area contributed by atoms with E-state index < -0.39 is 5.92 Å². The van der Waals surface area contributed by atoms with Crippen molar-refractivity contribution in [2.75, 3.05) is 25.9 Å². The van der Waals surface area contributed by atoms with Crippen LogP contribution in [0, 0.1) is 5.92 Å². The number of carbonyl (C=O) groups excluding carboxylic acids is 3. The molecule has 0 aromatic rings. The zero-order valence-electron chi connectivity index (χ0n) is 13.1. The Balaban J connectivity index is 4.24. The minimum atomic E-state index is -0.531. The molecule has 0 aromatic heterocycles. The van der Waals surface area contributed by atoms with Crippen LogP contribution in [0.2, 0.25) is 0 Å². The van der Waals surface area contributed by atoms with Crippen molar-refractivity contribution in [3.63, 3.8) is 0 Å². The Kier molecular flexibility index (Phi) is 12.3. The number of hydrogen-bond donors (Lipinski definition) is 3. The van der Waals surface area contributed by atoms with E-state index in [1.54, 1.807) is 7.05 Å². The average Bonchev–Trinajstić information content (AvgIpc) is 2.42. The molecule has 5 nitrogen and oxygen atoms in total. The molecule has 0 aliphatic rings. The lowest BCUT2D eigenvalue weighted by Gasteiger charge is -2.15. The van der Waals surface area contributed by atoms with Crippen LogP contribution in [-0.2, 0) is 14.4 Å². The van der Waals surface area contributed by atoms with E-state index in [1.165, 1.54) is 6.92 Å². The summed E-state index contributed by atoms with van der Waals surface area (Å²) in [5.41, 5.74) is 0. The summed E-state index contributed by atoms with van der Waals surface area (Å²) in [6, 6.07) is 0. The molecule has 0 aromatic carbocycles. The lowest BCUT2D eigenvalue weighted by molar-refractivity contribution is -0.132. The summed E-state index contributed by atoms with van der Waals surface area (Å²) >= 11 is 4.13. The van der Waals surface area contributed by atoms with Crippen molar-refractivity contribution >= 4 is 30.1 Å². The molecule has 6 heteroatoms. The predicted molar refractivity (Wildman–Crippen MR) is 87.7 cm³/mol. The van der Waals surface area contributed by atoms with Gasteiger partial charge in [-0.3, -0.25) is 9.59 Å². The Hall–Kier alpha value is -0.880. The summed E-state index contributed by atoms with van der Waals surface area (Å²) in [5.74, 6) is 0.0892. The number of ketones is 2. The van der Waals surface area contributed by atoms with Crippen molar-refractivity contribution in [3.05, 3.63) is 0 Å². The number of unbranched alkanes of at least 4 members (excludes halogenated alkanes) is 2. The zero-order chi connectivity index (χ0) is 16.1. The van der Waals surface area contributed by atoms with E-state index in [1.807, 2.05) is 0 Å². The Bertz CT molecular complexity index is 335. The second-order valence-corrected chi connectivity index (χ2v) is 5.72. The SMILES string of the molecule is CNCCNC(=O)C(CC(C)=O)CC(=O)CCCCCS. The molecule has 0 aliphatic carbocycles. The molecule has 0 spiro atoms. The van der Waals surface area contributed by atoms with Crippen molar-refractivity contribution in [2.24, 2.45) is 5.92 Å². The number of likely N-dealkylation sites (N-methyl/N-ethyl adjacent to an activating group) is 1. The predicted octanol–water partition coefficient (Wildman–Crippen LogP) is 1.37. The third-order valence-corrected chi connectivity index (χ3v) is 3.48. The molecule has 1 amide bonds. The van der Waals surface area contributed by atoms with Crippen LogP contribution in [0.4, 0.5) is 0 Å². The van der Waals surface area contributed by atoms with Gasteiger partial charge in [-0.2, -0.15) is 12.6 Å². The summed E-state index contributed by atoms with van der Waals surface area (Å²) in [4.78, 5) is 35.2. The number of hydrogen-bond acceptors (Lipinski definition) is 5. The Labute approximate surface area is 133 Å². The summed E-state index contributed by atoms with van der Waals surface area (Å²) in [6.45, 7) is 2.61. The highest BCUT2D eigenvalue weighted by molar-refractivity contribution is 7.80. The van der Waals surface area contributed by atoms with Crippen LogP contribution in [0.15, 0.2) is 0 Å². The third kappa shape index (κ3) is 11.5. The summed E-state index contributed by atoms with van der Waals surface area (Å²) in [5, 5.41) is 5.68. The highest BCUT2D eigenvalue weighted by Crippen LogP contribution is 2.13. The van der Waals surface area contributed by atoms with Crippen molar-refractivity contribution in [2.45, 2.75) is 45.4 Å². The minimum absolute atomic E-state index is 0.0594. The van der Waals surface area contributed by atoms with Gasteiger partial charge in [0.1, 0.15) is 11.6 Å². The van der Waals surface area contributed by atoms with E-state index in [4.69, 9.17) is 0 Å². The molecule has 0 aliphatic heterocycles. The van der Waals surface area contributed by atoms with Gasteiger partial charge in [0.2, 0.25) is 5.91 Å². The monoisotopic (exact) mass is 316 g/mol. The molecule has 2 N–H and O–H groups in total. The molecule has 0 rings (SSSR count). The number of Topliss-reactive ketones (excluding diaryl/α,β-unsaturated/α-hetero) is 2. The maximum absolute atomic E-state index is 12.0. The van der Waals surface area contributed by atoms with E-state index >= 15 is 0 Å². The smallest absolute Gasteiger partial charge is 0.224 e. The van der Waals surface area contributed by atoms with Gasteiger partial charge in [0.15, 0.2) is 0 Å². The van der Waals surface area contributed by atoms with E-state index in [0.717, 1.165) is 25.0 Å². The molecule has 0 radical (unpaired) electrons. The fourth-order valence-corrected chi connectivity index (χ4v) is 2.27. The van der Waals surface area contributed by atoms with Crippen molar-refractivity contribution < 1.29 is 14.4 Å². The number of rotatable bonds is 13. The Morgan fingerprint density at radius 1 is 1.05 bits per heavy atom. The van der Waals surface area contributed by atoms with Gasteiger partial charge < -0.3 is 15.4 Å². The van der Waals surface area contributed by atoms with Crippen LogP contribution < -0.4 is 10.6 Å². The van der Waals surface area contributed by atoms with Gasteiger partial charge in [0, 0.05) is 32.4 Å². The quantitative estimate of drug-likeness (QED) is 0.354. The second-order valence-electron chi connectivity index (χ2n) is 5.27. The number of amides is 1. The van der Waals surface area contributed by atoms with Crippen molar-refractivity contribution in [1.29, 1.82) is 0 Å². The maximum atomic E-state index is 12.0. The first kappa shape index (κ1) is 20.1. The molecule has 122 valence electrons. The molecular formula is C15H28N2O3S. The van der Waals surface area contributed by atoms with Crippen LogP contribution in [0.1, 0.15) is 45.4 Å². The van der Waals surface area contributed by atoms with Gasteiger partial charge in [-0.1, -0.05) is 6.42 Å². The molecule has 1 unspecified atom stereocenters. The standard InChI is InChI=1S/C15H28N2O3S/c1-12(18)10-13(15(20)17-8-7-16-2)11-14(19)6-4-3-5-9-21/h13,16,21H,3-11H2,1-2H3,(H,17,20). The molecule has 0 heterocycles. The van der Waals surface area contributed by atoms with E-state index in [9.17, 15) is 14.4 Å². The second kappa shape index (κ2) is 12.8. The lowest BCUT2D eigenvalue weighted by Crippen LogP contribution is -2.36. The normalized spacial score (nSPS) is 12.0. The van der Waals surface area contributed by atoms with Crippen LogP contribution in [0.3, 0.4) is 0 Å². The topological polar surface area (TPSA) is 75.3 Å². The first-order chi connectivity index (χ1) is 10.0. The summed E-state index contributed by atoms with van der Waals surface area (Å²) in [7, 11) is 1.80. The molecule has 1 atom stereocenters. The van der Waals surface area contributed by atoms with Gasteiger partial charge >= 0.3 is 0 Å². The van der Waals surface area contributed by atoms with Gasteiger partial charge in [0.25, 0.3) is 0 Å². The molecule has 21 heavy (non-hydrogen) atoms. The number of thiol groups is 1. The van der Waals surface area contributed by atoms with Crippen LogP contribution >= 0.6 is 12.6 Å². The molecule has 0 bridgehead atoms.